The third-order valence-electron chi connectivity index (χ3n) is 5.01. The predicted octanol–water partition coefficient (Wildman–Crippen LogP) is 3.99. The number of amides is 1. The summed E-state index contributed by atoms with van der Waals surface area (Å²) in [6.45, 7) is 4.55. The number of benzene rings is 2. The van der Waals surface area contributed by atoms with Crippen LogP contribution in [0.25, 0.3) is 20.8 Å². The van der Waals surface area contributed by atoms with Gasteiger partial charge in [0.1, 0.15) is 10.8 Å². The first kappa shape index (κ1) is 19.1. The molecule has 0 aliphatic heterocycles. The van der Waals surface area contributed by atoms with E-state index in [1.54, 1.807) is 23.5 Å². The number of carbonyl (C=O) groups excluding carboxylic acids is 1. The predicted molar refractivity (Wildman–Crippen MR) is 115 cm³/mol. The molecule has 0 spiro atoms. The van der Waals surface area contributed by atoms with E-state index in [1.807, 2.05) is 55.9 Å². The van der Waals surface area contributed by atoms with E-state index in [0.29, 0.717) is 18.5 Å². The van der Waals surface area contributed by atoms with Crippen LogP contribution >= 0.6 is 11.3 Å². The highest BCUT2D eigenvalue weighted by Gasteiger charge is 2.16. The minimum atomic E-state index is -0.102. The van der Waals surface area contributed by atoms with Crippen molar-refractivity contribution in [1.29, 1.82) is 0 Å². The molecule has 0 unspecified atom stereocenters. The van der Waals surface area contributed by atoms with E-state index in [1.165, 1.54) is 0 Å². The Morgan fingerprint density at radius 3 is 2.62 bits per heavy atom. The van der Waals surface area contributed by atoms with Crippen molar-refractivity contribution in [3.05, 3.63) is 65.0 Å². The second-order valence-electron chi connectivity index (χ2n) is 7.04. The summed E-state index contributed by atoms with van der Waals surface area (Å²) in [5, 5.41) is 17.7. The Kier molecular flexibility index (Phi) is 5.07. The van der Waals surface area contributed by atoms with Crippen molar-refractivity contribution in [2.24, 2.45) is 7.05 Å². The van der Waals surface area contributed by atoms with Gasteiger partial charge in [-0.1, -0.05) is 12.1 Å². The van der Waals surface area contributed by atoms with Crippen molar-refractivity contribution in [2.75, 3.05) is 6.54 Å². The molecule has 1 amide bonds. The Morgan fingerprint density at radius 1 is 1.17 bits per heavy atom. The Morgan fingerprint density at radius 2 is 1.93 bits per heavy atom. The lowest BCUT2D eigenvalue weighted by molar-refractivity contribution is 0.0954. The maximum atomic E-state index is 12.5. The Labute approximate surface area is 172 Å². The van der Waals surface area contributed by atoms with Crippen molar-refractivity contribution in [1.82, 2.24) is 20.1 Å². The fourth-order valence-electron chi connectivity index (χ4n) is 3.34. The number of phenols is 1. The minimum absolute atomic E-state index is 0.102. The Balaban J connectivity index is 1.49. The Bertz CT molecular complexity index is 1190. The number of thiazole rings is 1. The fourth-order valence-corrected chi connectivity index (χ4v) is 4.49. The number of nitrogens with zero attached hydrogens (tertiary/aromatic N) is 3. The van der Waals surface area contributed by atoms with Crippen LogP contribution in [0, 0.1) is 13.8 Å². The van der Waals surface area contributed by atoms with Crippen molar-refractivity contribution in [2.45, 2.75) is 20.3 Å². The number of carbonyl (C=O) groups is 1. The zero-order valence-electron chi connectivity index (χ0n) is 16.6. The molecule has 29 heavy (non-hydrogen) atoms. The van der Waals surface area contributed by atoms with Crippen molar-refractivity contribution >= 4 is 27.5 Å². The smallest absolute Gasteiger partial charge is 0.251 e. The molecular weight excluding hydrogens is 384 g/mol. The van der Waals surface area contributed by atoms with E-state index in [4.69, 9.17) is 4.98 Å². The first-order chi connectivity index (χ1) is 13.9. The lowest BCUT2D eigenvalue weighted by atomic mass is 10.1. The quantitative estimate of drug-likeness (QED) is 0.525. The van der Waals surface area contributed by atoms with E-state index in [-0.39, 0.29) is 11.7 Å². The molecule has 7 heteroatoms. The zero-order chi connectivity index (χ0) is 20.5. The lowest BCUT2D eigenvalue weighted by Gasteiger charge is -2.05. The van der Waals surface area contributed by atoms with Gasteiger partial charge in [-0.2, -0.15) is 5.10 Å². The number of aromatic nitrogens is 3. The van der Waals surface area contributed by atoms with E-state index in [2.05, 4.69) is 10.4 Å². The van der Waals surface area contributed by atoms with Crippen LogP contribution in [0.15, 0.2) is 42.5 Å². The number of phenolic OH excluding ortho intramolecular Hbond substituents is 1. The van der Waals surface area contributed by atoms with Crippen LogP contribution in [0.2, 0.25) is 0 Å². The first-order valence-electron chi connectivity index (χ1n) is 9.39. The third kappa shape index (κ3) is 3.86. The average molecular weight is 407 g/mol. The zero-order valence-corrected chi connectivity index (χ0v) is 17.4. The maximum absolute atomic E-state index is 12.5. The molecule has 2 N–H and O–H groups in total. The standard InChI is InChI=1S/C22H22N4O2S/c1-13-20(14(2)26(3)25-13)22-24-18-9-6-16(12-19(18)29-22)21(28)23-11-10-15-4-7-17(27)8-5-15/h4-9,12,27H,10-11H2,1-3H3,(H,23,28). The largest absolute Gasteiger partial charge is 0.508 e. The second-order valence-corrected chi connectivity index (χ2v) is 8.07. The van der Waals surface area contributed by atoms with Gasteiger partial charge in [0.25, 0.3) is 5.91 Å². The molecule has 0 bridgehead atoms. The van der Waals surface area contributed by atoms with Gasteiger partial charge < -0.3 is 10.4 Å². The molecule has 4 rings (SSSR count). The molecule has 4 aromatic rings. The molecule has 0 radical (unpaired) electrons. The van der Waals surface area contributed by atoms with E-state index in [0.717, 1.165) is 37.7 Å². The lowest BCUT2D eigenvalue weighted by Crippen LogP contribution is -2.25. The van der Waals surface area contributed by atoms with Crippen molar-refractivity contribution < 1.29 is 9.90 Å². The molecule has 0 atom stereocenters. The van der Waals surface area contributed by atoms with Gasteiger partial charge in [-0.05, 0) is 56.2 Å². The minimum Gasteiger partial charge on any atom is -0.508 e. The maximum Gasteiger partial charge on any atom is 0.251 e. The summed E-state index contributed by atoms with van der Waals surface area (Å²) in [4.78, 5) is 17.3. The fraction of sp³-hybridized carbons (Fsp3) is 0.227. The number of aromatic hydroxyl groups is 1. The van der Waals surface area contributed by atoms with Gasteiger partial charge in [0.15, 0.2) is 0 Å². The average Bonchev–Trinajstić information content (AvgIpc) is 3.22. The number of fused-ring (bicyclic) bond motifs is 1. The molecule has 2 heterocycles. The number of rotatable bonds is 5. The van der Waals surface area contributed by atoms with Gasteiger partial charge in [-0.3, -0.25) is 9.48 Å². The number of hydrogen-bond donors (Lipinski definition) is 2. The van der Waals surface area contributed by atoms with Crippen molar-refractivity contribution in [3.63, 3.8) is 0 Å². The monoisotopic (exact) mass is 406 g/mol. The van der Waals surface area contributed by atoms with Gasteiger partial charge in [-0.15, -0.1) is 11.3 Å². The molecule has 0 saturated heterocycles. The Hall–Kier alpha value is -3.19. The second kappa shape index (κ2) is 7.67. The SMILES string of the molecule is Cc1nn(C)c(C)c1-c1nc2ccc(C(=O)NCCc3ccc(O)cc3)cc2s1. The molecule has 2 aromatic carbocycles. The third-order valence-corrected chi connectivity index (χ3v) is 6.04. The van der Waals surface area contributed by atoms with Crippen LogP contribution < -0.4 is 5.32 Å². The van der Waals surface area contributed by atoms with E-state index < -0.39 is 0 Å². The first-order valence-corrected chi connectivity index (χ1v) is 10.2. The molecular formula is C22H22N4O2S. The van der Waals surface area contributed by atoms with Gasteiger partial charge in [-0.25, -0.2) is 4.98 Å². The number of hydrogen-bond acceptors (Lipinski definition) is 5. The summed E-state index contributed by atoms with van der Waals surface area (Å²) in [7, 11) is 1.93. The van der Waals surface area contributed by atoms with Gasteiger partial charge >= 0.3 is 0 Å². The van der Waals surface area contributed by atoms with E-state index >= 15 is 0 Å². The summed E-state index contributed by atoms with van der Waals surface area (Å²) in [6.07, 6.45) is 0.707. The highest BCUT2D eigenvalue weighted by molar-refractivity contribution is 7.21. The number of aryl methyl sites for hydroxylation is 2. The van der Waals surface area contributed by atoms with Crippen LogP contribution in [0.4, 0.5) is 0 Å². The van der Waals surface area contributed by atoms with Gasteiger partial charge in [0.2, 0.25) is 0 Å². The molecule has 148 valence electrons. The summed E-state index contributed by atoms with van der Waals surface area (Å²) in [6, 6.07) is 12.6. The summed E-state index contributed by atoms with van der Waals surface area (Å²) in [5.74, 6) is 0.140. The van der Waals surface area contributed by atoms with Crippen molar-refractivity contribution in [3.8, 4) is 16.3 Å². The van der Waals surface area contributed by atoms with Crippen LogP contribution in [0.5, 0.6) is 5.75 Å². The number of nitrogens with one attached hydrogen (secondary N) is 1. The van der Waals surface area contributed by atoms with Crippen LogP contribution in [0.3, 0.4) is 0 Å². The van der Waals surface area contributed by atoms with Crippen LogP contribution in [-0.4, -0.2) is 32.3 Å². The highest BCUT2D eigenvalue weighted by Crippen LogP contribution is 2.34. The normalized spacial score (nSPS) is 11.1. The highest BCUT2D eigenvalue weighted by atomic mass is 32.1. The topological polar surface area (TPSA) is 80.0 Å². The molecule has 0 aliphatic rings. The summed E-state index contributed by atoms with van der Waals surface area (Å²) >= 11 is 1.58. The van der Waals surface area contributed by atoms with Crippen LogP contribution in [0.1, 0.15) is 27.3 Å². The summed E-state index contributed by atoms with van der Waals surface area (Å²) < 4.78 is 2.85. The van der Waals surface area contributed by atoms with Crippen LogP contribution in [-0.2, 0) is 13.5 Å². The molecule has 2 aromatic heterocycles. The summed E-state index contributed by atoms with van der Waals surface area (Å²) in [5.41, 5.74) is 5.66. The van der Waals surface area contributed by atoms with E-state index in [9.17, 15) is 9.90 Å². The molecule has 0 saturated carbocycles. The van der Waals surface area contributed by atoms with Gasteiger partial charge in [0, 0.05) is 24.8 Å². The molecule has 0 aliphatic carbocycles. The molecule has 6 nitrogen and oxygen atoms in total. The van der Waals surface area contributed by atoms with Gasteiger partial charge in [0.05, 0.1) is 21.5 Å². The molecule has 0 fully saturated rings.